The zero-order chi connectivity index (χ0) is 18.1. The molecule has 0 unspecified atom stereocenters. The number of nitrogens with zero attached hydrogens (tertiary/aromatic N) is 3. The van der Waals surface area contributed by atoms with E-state index in [0.29, 0.717) is 11.5 Å². The van der Waals surface area contributed by atoms with E-state index in [9.17, 15) is 4.79 Å². The first-order valence-corrected chi connectivity index (χ1v) is 8.51. The van der Waals surface area contributed by atoms with Crippen molar-refractivity contribution in [1.82, 2.24) is 14.4 Å². The lowest BCUT2D eigenvalue weighted by Gasteiger charge is -2.00. The molecule has 26 heavy (non-hydrogen) atoms. The largest absolute Gasteiger partial charge is 0.493 e. The molecule has 0 N–H and O–H groups in total. The van der Waals surface area contributed by atoms with Gasteiger partial charge in [-0.25, -0.2) is 14.8 Å². The minimum atomic E-state index is -0.403. The fraction of sp³-hybridized carbons (Fsp3) is 0.250. The number of imidazole rings is 1. The Morgan fingerprint density at radius 1 is 1.31 bits per heavy atom. The van der Waals surface area contributed by atoms with Gasteiger partial charge in [0.15, 0.2) is 0 Å². The molecule has 1 aliphatic heterocycles. The molecule has 0 saturated carbocycles. The van der Waals surface area contributed by atoms with Crippen molar-refractivity contribution in [3.63, 3.8) is 0 Å². The predicted molar refractivity (Wildman–Crippen MR) is 96.9 cm³/mol. The van der Waals surface area contributed by atoms with E-state index in [1.54, 1.807) is 6.08 Å². The lowest BCUT2D eigenvalue weighted by Crippen LogP contribution is -2.00. The van der Waals surface area contributed by atoms with Gasteiger partial charge < -0.3 is 9.47 Å². The molecule has 0 spiro atoms. The third-order valence-corrected chi connectivity index (χ3v) is 4.30. The number of carbonyl (C=O) groups excluding carboxylic acids is 1. The Hall–Kier alpha value is -3.15. The standard InChI is InChI=1S/C20H19N3O3/c1-13-9-14(2)23-11-17(22-20(23)21-13)12-26-19(24)6-4-15-3-5-18-16(10-15)7-8-25-18/h3-6,9-11H,7-8,12H2,1-2H3. The summed E-state index contributed by atoms with van der Waals surface area (Å²) in [6, 6.07) is 7.87. The van der Waals surface area contributed by atoms with Crippen molar-refractivity contribution in [2.45, 2.75) is 26.9 Å². The van der Waals surface area contributed by atoms with Gasteiger partial charge in [-0.15, -0.1) is 0 Å². The van der Waals surface area contributed by atoms with Gasteiger partial charge in [-0.3, -0.25) is 4.40 Å². The number of aryl methyl sites for hydroxylation is 2. The van der Waals surface area contributed by atoms with E-state index in [2.05, 4.69) is 9.97 Å². The molecular weight excluding hydrogens is 330 g/mol. The van der Waals surface area contributed by atoms with E-state index < -0.39 is 5.97 Å². The van der Waals surface area contributed by atoms with Crippen LogP contribution in [-0.2, 0) is 22.6 Å². The lowest BCUT2D eigenvalue weighted by atomic mass is 10.1. The second-order valence-corrected chi connectivity index (χ2v) is 6.35. The number of esters is 1. The number of carbonyl (C=O) groups is 1. The minimum Gasteiger partial charge on any atom is -0.493 e. The van der Waals surface area contributed by atoms with E-state index in [-0.39, 0.29) is 6.61 Å². The third-order valence-electron chi connectivity index (χ3n) is 4.30. The first-order valence-electron chi connectivity index (χ1n) is 8.51. The first-order chi connectivity index (χ1) is 12.6. The zero-order valence-electron chi connectivity index (χ0n) is 14.7. The molecule has 1 aromatic carbocycles. The summed E-state index contributed by atoms with van der Waals surface area (Å²) < 4.78 is 12.7. The molecular formula is C20H19N3O3. The van der Waals surface area contributed by atoms with Crippen LogP contribution in [0.5, 0.6) is 5.75 Å². The molecule has 0 saturated heterocycles. The van der Waals surface area contributed by atoms with Gasteiger partial charge in [0.05, 0.1) is 12.3 Å². The molecule has 0 bridgehead atoms. The molecule has 6 nitrogen and oxygen atoms in total. The molecule has 0 radical (unpaired) electrons. The van der Waals surface area contributed by atoms with Crippen LogP contribution in [0.15, 0.2) is 36.5 Å². The summed E-state index contributed by atoms with van der Waals surface area (Å²) in [5.41, 5.74) is 4.74. The summed E-state index contributed by atoms with van der Waals surface area (Å²) in [5, 5.41) is 0. The van der Waals surface area contributed by atoms with Crippen molar-refractivity contribution < 1.29 is 14.3 Å². The Balaban J connectivity index is 1.40. The Morgan fingerprint density at radius 2 is 2.19 bits per heavy atom. The average molecular weight is 349 g/mol. The van der Waals surface area contributed by atoms with Gasteiger partial charge in [-0.05, 0) is 49.2 Å². The summed E-state index contributed by atoms with van der Waals surface area (Å²) >= 11 is 0. The quantitative estimate of drug-likeness (QED) is 0.535. The molecule has 3 aromatic rings. The second-order valence-electron chi connectivity index (χ2n) is 6.35. The topological polar surface area (TPSA) is 65.7 Å². The van der Waals surface area contributed by atoms with Crippen LogP contribution in [0.3, 0.4) is 0 Å². The third kappa shape index (κ3) is 3.31. The van der Waals surface area contributed by atoms with Crippen LogP contribution < -0.4 is 4.74 Å². The first kappa shape index (κ1) is 16.3. The molecule has 132 valence electrons. The Morgan fingerprint density at radius 3 is 3.08 bits per heavy atom. The van der Waals surface area contributed by atoms with Crippen LogP contribution in [-0.4, -0.2) is 26.9 Å². The van der Waals surface area contributed by atoms with E-state index in [0.717, 1.165) is 35.7 Å². The molecule has 0 atom stereocenters. The Bertz CT molecular complexity index is 1020. The number of ether oxygens (including phenoxy) is 2. The van der Waals surface area contributed by atoms with Gasteiger partial charge in [-0.1, -0.05) is 6.07 Å². The molecule has 3 heterocycles. The summed E-state index contributed by atoms with van der Waals surface area (Å²) in [6.07, 6.45) is 5.93. The average Bonchev–Trinajstić information content (AvgIpc) is 3.24. The molecule has 0 fully saturated rings. The van der Waals surface area contributed by atoms with Crippen molar-refractivity contribution in [2.75, 3.05) is 6.61 Å². The highest BCUT2D eigenvalue weighted by Gasteiger charge is 2.11. The number of hydrogen-bond acceptors (Lipinski definition) is 5. The Labute approximate surface area is 151 Å². The van der Waals surface area contributed by atoms with Gasteiger partial charge in [0.2, 0.25) is 5.78 Å². The smallest absolute Gasteiger partial charge is 0.331 e. The number of hydrogen-bond donors (Lipinski definition) is 0. The summed E-state index contributed by atoms with van der Waals surface area (Å²) in [6.45, 7) is 4.75. The van der Waals surface area contributed by atoms with Crippen molar-refractivity contribution >= 4 is 17.8 Å². The van der Waals surface area contributed by atoms with Crippen molar-refractivity contribution in [3.8, 4) is 5.75 Å². The van der Waals surface area contributed by atoms with Crippen LogP contribution >= 0.6 is 0 Å². The summed E-state index contributed by atoms with van der Waals surface area (Å²) in [7, 11) is 0. The Kier molecular flexibility index (Phi) is 4.16. The van der Waals surface area contributed by atoms with Gasteiger partial charge in [0.25, 0.3) is 0 Å². The highest BCUT2D eigenvalue weighted by molar-refractivity contribution is 5.87. The van der Waals surface area contributed by atoms with Gasteiger partial charge in [0, 0.05) is 30.1 Å². The maximum atomic E-state index is 12.0. The normalized spacial score (nSPS) is 13.2. The monoisotopic (exact) mass is 349 g/mol. The van der Waals surface area contributed by atoms with E-state index in [1.165, 1.54) is 11.6 Å². The lowest BCUT2D eigenvalue weighted by molar-refractivity contribution is -0.139. The maximum absolute atomic E-state index is 12.0. The summed E-state index contributed by atoms with van der Waals surface area (Å²) in [4.78, 5) is 20.8. The molecule has 1 aliphatic rings. The molecule has 0 aliphatic carbocycles. The second kappa shape index (κ2) is 6.63. The van der Waals surface area contributed by atoms with Crippen molar-refractivity contribution in [1.29, 1.82) is 0 Å². The van der Waals surface area contributed by atoms with Gasteiger partial charge in [-0.2, -0.15) is 0 Å². The zero-order valence-corrected chi connectivity index (χ0v) is 14.7. The molecule has 4 rings (SSSR count). The highest BCUT2D eigenvalue weighted by atomic mass is 16.5. The van der Waals surface area contributed by atoms with E-state index >= 15 is 0 Å². The number of benzene rings is 1. The molecule has 0 amide bonds. The number of aromatic nitrogens is 3. The number of fused-ring (bicyclic) bond motifs is 2. The molecule has 6 heteroatoms. The minimum absolute atomic E-state index is 0.114. The van der Waals surface area contributed by atoms with Crippen LogP contribution in [0.4, 0.5) is 0 Å². The van der Waals surface area contributed by atoms with Crippen LogP contribution in [0.1, 0.15) is 28.2 Å². The fourth-order valence-electron chi connectivity index (χ4n) is 3.06. The SMILES string of the molecule is Cc1cc(C)n2cc(COC(=O)C=Cc3ccc4c(c3)CCO4)nc2n1. The van der Waals surface area contributed by atoms with E-state index in [1.807, 2.05) is 48.7 Å². The van der Waals surface area contributed by atoms with E-state index in [4.69, 9.17) is 9.47 Å². The van der Waals surface area contributed by atoms with Gasteiger partial charge >= 0.3 is 5.97 Å². The maximum Gasteiger partial charge on any atom is 0.331 e. The fourth-order valence-corrected chi connectivity index (χ4v) is 3.06. The van der Waals surface area contributed by atoms with Crippen LogP contribution in [0.2, 0.25) is 0 Å². The predicted octanol–water partition coefficient (Wildman–Crippen LogP) is 3.04. The number of rotatable bonds is 4. The molecule has 2 aromatic heterocycles. The highest BCUT2D eigenvalue weighted by Crippen LogP contribution is 2.26. The van der Waals surface area contributed by atoms with Gasteiger partial charge in [0.1, 0.15) is 12.4 Å². The summed E-state index contributed by atoms with van der Waals surface area (Å²) in [5.74, 6) is 1.14. The van der Waals surface area contributed by atoms with Crippen molar-refractivity contribution in [2.24, 2.45) is 0 Å². The van der Waals surface area contributed by atoms with Crippen molar-refractivity contribution in [3.05, 3.63) is 64.7 Å². The van der Waals surface area contributed by atoms with Crippen LogP contribution in [0.25, 0.3) is 11.9 Å². The van der Waals surface area contributed by atoms with Crippen LogP contribution in [0, 0.1) is 13.8 Å².